The smallest absolute Gasteiger partial charge is 0.262 e. The number of ketones is 1. The number of fused-ring (bicyclic) bond motifs is 3. The van der Waals surface area contributed by atoms with E-state index in [1.807, 2.05) is 50.3 Å². The number of amides is 1. The van der Waals surface area contributed by atoms with Gasteiger partial charge in [0.2, 0.25) is 11.7 Å². The van der Waals surface area contributed by atoms with Crippen molar-refractivity contribution < 1.29 is 9.59 Å². The van der Waals surface area contributed by atoms with Gasteiger partial charge in [0.15, 0.2) is 11.6 Å². The molecule has 3 heterocycles. The molecule has 1 aromatic carbocycles. The minimum Gasteiger partial charge on any atom is -0.298 e. The number of thioether (sulfide) groups is 1. The van der Waals surface area contributed by atoms with E-state index >= 15 is 0 Å². The number of para-hydroxylation sites is 1. The zero-order valence-electron chi connectivity index (χ0n) is 17.4. The van der Waals surface area contributed by atoms with Crippen LogP contribution in [0.2, 0.25) is 0 Å². The Kier molecular flexibility index (Phi) is 5.01. The molecule has 0 atom stereocenters. The van der Waals surface area contributed by atoms with Crippen LogP contribution in [0.3, 0.4) is 0 Å². The second kappa shape index (κ2) is 7.39. The number of nitrogens with zero attached hydrogens (tertiary/aromatic N) is 5. The minimum atomic E-state index is -0.528. The molecule has 1 fully saturated rings. The largest absolute Gasteiger partial charge is 0.298 e. The van der Waals surface area contributed by atoms with Gasteiger partial charge in [0.05, 0.1) is 28.2 Å². The quantitative estimate of drug-likeness (QED) is 0.597. The van der Waals surface area contributed by atoms with Crippen molar-refractivity contribution in [1.82, 2.24) is 24.1 Å². The van der Waals surface area contributed by atoms with E-state index in [9.17, 15) is 14.4 Å². The van der Waals surface area contributed by atoms with Gasteiger partial charge in [0.1, 0.15) is 0 Å². The summed E-state index contributed by atoms with van der Waals surface area (Å²) in [4.78, 5) is 39.4. The highest BCUT2D eigenvalue weighted by Crippen LogP contribution is 2.32. The Labute approximate surface area is 177 Å². The monoisotopic (exact) mass is 425 g/mol. The first-order valence-electron chi connectivity index (χ1n) is 9.77. The van der Waals surface area contributed by atoms with Crippen LogP contribution in [-0.2, 0) is 22.7 Å². The highest BCUT2D eigenvalue weighted by molar-refractivity contribution is 8.04. The molecule has 0 bridgehead atoms. The van der Waals surface area contributed by atoms with E-state index in [4.69, 9.17) is 0 Å². The summed E-state index contributed by atoms with van der Waals surface area (Å²) in [5.74, 6) is 1.12. The predicted molar refractivity (Wildman–Crippen MR) is 116 cm³/mol. The molecular formula is C21H23N5O3S. The second-order valence-electron chi connectivity index (χ2n) is 8.18. The van der Waals surface area contributed by atoms with Crippen LogP contribution in [0.25, 0.3) is 16.7 Å². The van der Waals surface area contributed by atoms with Crippen molar-refractivity contribution >= 4 is 40.1 Å². The van der Waals surface area contributed by atoms with Crippen LogP contribution in [0.1, 0.15) is 33.5 Å². The second-order valence-corrected chi connectivity index (χ2v) is 9.18. The number of hydrogen-bond acceptors (Lipinski definition) is 6. The minimum absolute atomic E-state index is 0.0407. The number of benzene rings is 1. The van der Waals surface area contributed by atoms with E-state index in [1.165, 1.54) is 11.8 Å². The molecule has 30 heavy (non-hydrogen) atoms. The molecule has 2 aromatic heterocycles. The third-order valence-corrected chi connectivity index (χ3v) is 6.12. The Hall–Kier alpha value is -2.94. The first kappa shape index (κ1) is 20.3. The van der Waals surface area contributed by atoms with Gasteiger partial charge in [-0.15, -0.1) is 10.2 Å². The van der Waals surface area contributed by atoms with Crippen LogP contribution < -0.4 is 5.56 Å². The molecule has 8 nitrogen and oxygen atoms in total. The highest BCUT2D eigenvalue weighted by Gasteiger charge is 2.31. The maximum absolute atomic E-state index is 12.8. The number of carbonyl (C=O) groups excluding carboxylic acids is 2. The summed E-state index contributed by atoms with van der Waals surface area (Å²) in [5.41, 5.74) is 0.0429. The molecule has 0 N–H and O–H groups in total. The summed E-state index contributed by atoms with van der Waals surface area (Å²) in [5, 5.41) is 9.71. The van der Waals surface area contributed by atoms with Gasteiger partial charge in [-0.25, -0.2) is 0 Å². The van der Waals surface area contributed by atoms with E-state index in [0.717, 1.165) is 0 Å². The van der Waals surface area contributed by atoms with Crippen molar-refractivity contribution in [3.63, 3.8) is 0 Å². The normalized spacial score (nSPS) is 16.3. The summed E-state index contributed by atoms with van der Waals surface area (Å²) >= 11 is 1.35. The van der Waals surface area contributed by atoms with Crippen molar-refractivity contribution in [2.45, 2.75) is 40.8 Å². The molecule has 156 valence electrons. The van der Waals surface area contributed by atoms with E-state index in [2.05, 4.69) is 10.2 Å². The fourth-order valence-corrected chi connectivity index (χ4v) is 4.31. The number of allylic oxidation sites excluding steroid dienone is 1. The van der Waals surface area contributed by atoms with Gasteiger partial charge in [-0.3, -0.25) is 28.3 Å². The molecule has 1 saturated heterocycles. The van der Waals surface area contributed by atoms with Gasteiger partial charge in [0, 0.05) is 18.0 Å². The molecule has 0 spiro atoms. The Morgan fingerprint density at radius 2 is 1.93 bits per heavy atom. The Morgan fingerprint density at radius 3 is 2.63 bits per heavy atom. The number of aromatic nitrogens is 4. The van der Waals surface area contributed by atoms with Crippen molar-refractivity contribution in [2.24, 2.45) is 5.41 Å². The topological polar surface area (TPSA) is 89.6 Å². The maximum atomic E-state index is 12.8. The summed E-state index contributed by atoms with van der Waals surface area (Å²) < 4.78 is 3.39. The average molecular weight is 426 g/mol. The van der Waals surface area contributed by atoms with Gasteiger partial charge in [-0.1, -0.05) is 44.7 Å². The van der Waals surface area contributed by atoms with Crippen LogP contribution in [0.4, 0.5) is 0 Å². The molecule has 1 aliphatic rings. The third-order valence-electron chi connectivity index (χ3n) is 5.10. The van der Waals surface area contributed by atoms with Crippen LogP contribution >= 0.6 is 11.8 Å². The van der Waals surface area contributed by atoms with Crippen molar-refractivity contribution in [3.05, 3.63) is 51.5 Å². The van der Waals surface area contributed by atoms with Crippen LogP contribution in [0.15, 0.2) is 40.2 Å². The molecule has 4 rings (SSSR count). The highest BCUT2D eigenvalue weighted by atomic mass is 32.2. The van der Waals surface area contributed by atoms with Crippen molar-refractivity contribution in [3.8, 4) is 0 Å². The van der Waals surface area contributed by atoms with Crippen LogP contribution in [0.5, 0.6) is 0 Å². The number of aryl methyl sites for hydroxylation is 1. The lowest BCUT2D eigenvalue weighted by atomic mass is 9.91. The number of rotatable bonds is 4. The molecule has 0 aliphatic carbocycles. The first-order valence-corrected chi connectivity index (χ1v) is 10.8. The molecule has 0 unspecified atom stereocenters. The SMILES string of the molecule is CCn1c(=O)c2ccccc2n2c(CN3C(=O)CS/C3=C\C(=O)C(C)(C)C)nnc12. The third kappa shape index (κ3) is 3.32. The Balaban J connectivity index is 1.84. The first-order chi connectivity index (χ1) is 14.2. The zero-order valence-corrected chi connectivity index (χ0v) is 18.2. The molecule has 0 radical (unpaired) electrons. The predicted octanol–water partition coefficient (Wildman–Crippen LogP) is 2.60. The van der Waals surface area contributed by atoms with Crippen LogP contribution in [0, 0.1) is 5.41 Å². The summed E-state index contributed by atoms with van der Waals surface area (Å²) in [6.07, 6.45) is 1.54. The van der Waals surface area contributed by atoms with E-state index in [-0.39, 0.29) is 29.5 Å². The van der Waals surface area contributed by atoms with Gasteiger partial charge in [0.25, 0.3) is 5.56 Å². The van der Waals surface area contributed by atoms with Crippen molar-refractivity contribution in [2.75, 3.05) is 5.75 Å². The molecule has 9 heteroatoms. The fraction of sp³-hybridized carbons (Fsp3) is 0.381. The molecular weight excluding hydrogens is 402 g/mol. The lowest BCUT2D eigenvalue weighted by molar-refractivity contribution is -0.126. The van der Waals surface area contributed by atoms with E-state index < -0.39 is 5.41 Å². The van der Waals surface area contributed by atoms with Gasteiger partial charge in [-0.05, 0) is 19.1 Å². The summed E-state index contributed by atoms with van der Waals surface area (Å²) in [6, 6.07) is 7.29. The van der Waals surface area contributed by atoms with E-state index in [0.29, 0.717) is 34.1 Å². The van der Waals surface area contributed by atoms with Gasteiger partial charge < -0.3 is 0 Å². The van der Waals surface area contributed by atoms with Gasteiger partial charge >= 0.3 is 0 Å². The lowest BCUT2D eigenvalue weighted by Crippen LogP contribution is -2.27. The summed E-state index contributed by atoms with van der Waals surface area (Å²) in [6.45, 7) is 8.04. The molecule has 0 saturated carbocycles. The average Bonchev–Trinajstić information content (AvgIpc) is 3.27. The standard InChI is InChI=1S/C21H23N5O3S/c1-5-24-19(29)13-8-6-7-9-14(13)26-16(22-23-20(24)26)11-25-17(28)12-30-18(25)10-15(27)21(2,3)4/h6-10H,5,11-12H2,1-4H3/b18-10-. The van der Waals surface area contributed by atoms with E-state index in [1.54, 1.807) is 21.6 Å². The molecule has 3 aromatic rings. The Morgan fingerprint density at radius 1 is 1.20 bits per heavy atom. The van der Waals surface area contributed by atoms with Crippen molar-refractivity contribution in [1.29, 1.82) is 0 Å². The number of hydrogen-bond donors (Lipinski definition) is 0. The molecule has 1 amide bonds. The maximum Gasteiger partial charge on any atom is 0.262 e. The van der Waals surface area contributed by atoms with Gasteiger partial charge in [-0.2, -0.15) is 0 Å². The Bertz CT molecular complexity index is 1270. The lowest BCUT2D eigenvalue weighted by Gasteiger charge is -2.19. The zero-order chi connectivity index (χ0) is 21.6. The van der Waals surface area contributed by atoms with Crippen LogP contribution in [-0.4, -0.2) is 41.5 Å². The summed E-state index contributed by atoms with van der Waals surface area (Å²) in [7, 11) is 0. The number of carbonyl (C=O) groups is 2. The fourth-order valence-electron chi connectivity index (χ4n) is 3.37. The molecule has 1 aliphatic heterocycles.